The standard InChI is InChI=1S/3Co.3Ni.5H3O4P.3Ti.3V/c;;;;;;5*1-5(2,3)4;;;;;;/h;;;;;;5*(H3,1,2,3,4);;;;;;/q;;;;;;;;;;;;;;3*+5/p-15. The predicted octanol–water partition coefficient (Wildman–Crippen LogP) is -14.2. The van der Waals surface area contributed by atoms with E-state index in [9.17, 15) is 0 Å². The predicted molar refractivity (Wildman–Crippen MR) is 38.0 cm³/mol. The van der Waals surface area contributed by atoms with E-state index in [0.29, 0.717) is 0 Å². The minimum atomic E-state index is -5.39. The van der Waals surface area contributed by atoms with Crippen LogP contribution in [0.2, 0.25) is 0 Å². The van der Waals surface area contributed by atoms with Gasteiger partial charge < -0.3 is 96.2 Å². The molecule has 0 aliphatic rings. The Bertz CT molecular complexity index is 423. The molecule has 0 N–H and O–H groups in total. The maximum atomic E-state index is 8.55. The average molecular weight is 1120 g/mol. The van der Waals surface area contributed by atoms with E-state index in [-0.39, 0.29) is 221 Å². The van der Waals surface area contributed by atoms with Crippen LogP contribution in [0.1, 0.15) is 0 Å². The molecule has 0 amide bonds. The molecule has 0 unspecified atom stereocenters. The second-order valence-electron chi connectivity index (χ2n) is 2.24. The molecule has 0 saturated heterocycles. The molecule has 37 heteroatoms. The summed E-state index contributed by atoms with van der Waals surface area (Å²) in [4.78, 5) is 128. The second-order valence-corrected chi connectivity index (χ2v) is 6.71. The minimum absolute atomic E-state index is 0. The topological polar surface area (TPSA) is 431 Å². The van der Waals surface area contributed by atoms with Gasteiger partial charge in [0.2, 0.25) is 0 Å². The van der Waals surface area contributed by atoms with Crippen LogP contribution < -0.4 is 73.4 Å². The van der Waals surface area contributed by atoms with Gasteiger partial charge in [-0.15, -0.1) is 0 Å². The summed E-state index contributed by atoms with van der Waals surface area (Å²) in [6.45, 7) is 0. The Morgan fingerprint density at radius 3 is 0.270 bits per heavy atom. The molecule has 0 saturated carbocycles. The van der Waals surface area contributed by atoms with Crippen LogP contribution in [0.15, 0.2) is 0 Å². The molecule has 0 aromatic rings. The Kier molecular flexibility index (Phi) is 168. The molecule has 0 aliphatic heterocycles. The van der Waals surface area contributed by atoms with Crippen molar-refractivity contribution in [3.8, 4) is 0 Å². The van der Waals surface area contributed by atoms with E-state index in [1.54, 1.807) is 0 Å². The smallest absolute Gasteiger partial charge is 0.822 e. The molecular weight excluding hydrogens is 1120 g/mol. The fourth-order valence-electron chi connectivity index (χ4n) is 0. The first-order valence-electron chi connectivity index (χ1n) is 3.65. The van der Waals surface area contributed by atoms with Crippen molar-refractivity contribution in [2.45, 2.75) is 0 Å². The van der Waals surface area contributed by atoms with Gasteiger partial charge in [0.25, 0.3) is 0 Å². The summed E-state index contributed by atoms with van der Waals surface area (Å²) >= 11 is 0. The largest absolute Gasteiger partial charge is 5.00 e. The van der Waals surface area contributed by atoms with Crippen LogP contribution in [0, 0.1) is 0 Å². The summed E-state index contributed by atoms with van der Waals surface area (Å²) in [5.41, 5.74) is 0. The Morgan fingerprint density at radius 1 is 0.270 bits per heavy atom. The van der Waals surface area contributed by atoms with Crippen LogP contribution in [0.4, 0.5) is 0 Å². The normalized spacial score (nSPS) is 7.97. The SMILES string of the molecule is O=P([O-])([O-])[O-].O=P([O-])([O-])[O-].O=P([O-])([O-])[O-].O=P([O-])([O-])[O-].O=P([O-])([O-])[O-].[Co].[Co].[Co].[Ni].[Ni].[Ni].[Ti].[Ti].[Ti].[V+5].[V+5].[V+5]. The molecule has 0 bridgehead atoms. The molecular formula is Co3Ni3O20P5Ti3V3. The summed E-state index contributed by atoms with van der Waals surface area (Å²) in [5.74, 6) is 0. The molecule has 0 aromatic heterocycles. The Balaban J connectivity index is -0.00000000833. The molecule has 0 fully saturated rings. The maximum Gasteiger partial charge on any atom is 5.00 e. The number of phosphoric acid groups is 5. The average Bonchev–Trinajstić information content (AvgIpc) is 1.79. The van der Waals surface area contributed by atoms with E-state index in [0.717, 1.165) is 0 Å². The van der Waals surface area contributed by atoms with Gasteiger partial charge in [0.05, 0.1) is 0 Å². The fourth-order valence-corrected chi connectivity index (χ4v) is 0. The van der Waals surface area contributed by atoms with Crippen molar-refractivity contribution in [2.24, 2.45) is 0 Å². The van der Waals surface area contributed by atoms with Gasteiger partial charge in [0.1, 0.15) is 0 Å². The fraction of sp³-hybridized carbons (Fsp3) is 0. The Morgan fingerprint density at radius 2 is 0.270 bits per heavy atom. The Labute approximate surface area is 350 Å². The second kappa shape index (κ2) is 55.8. The van der Waals surface area contributed by atoms with Crippen LogP contribution in [0.5, 0.6) is 0 Å². The number of hydrogen-bond acceptors (Lipinski definition) is 20. The molecule has 0 aromatic carbocycles. The van der Waals surface area contributed by atoms with E-state index in [2.05, 4.69) is 0 Å². The van der Waals surface area contributed by atoms with Gasteiger partial charge in [0, 0.05) is 165 Å². The van der Waals surface area contributed by atoms with Gasteiger partial charge in [-0.25, -0.2) is 0 Å². The molecule has 0 aliphatic carbocycles. The molecule has 0 heterocycles. The molecule has 3 radical (unpaired) electrons. The van der Waals surface area contributed by atoms with Gasteiger partial charge in [-0.3, -0.25) is 0 Å². The first-order valence-corrected chi connectivity index (χ1v) is 11.0. The molecule has 37 heavy (non-hydrogen) atoms. The van der Waals surface area contributed by atoms with Gasteiger partial charge in [-0.1, -0.05) is 0 Å². The van der Waals surface area contributed by atoms with Crippen LogP contribution in [0.3, 0.4) is 0 Å². The van der Waals surface area contributed by atoms with Gasteiger partial charge >= 0.3 is 55.7 Å². The van der Waals surface area contributed by atoms with Gasteiger partial charge in [-0.05, 0) is 0 Å². The quantitative estimate of drug-likeness (QED) is 0.161. The summed E-state index contributed by atoms with van der Waals surface area (Å²) in [6.07, 6.45) is 0. The van der Waals surface area contributed by atoms with Crippen LogP contribution in [-0.4, -0.2) is 0 Å². The summed E-state index contributed by atoms with van der Waals surface area (Å²) in [7, 11) is -26.9. The third kappa shape index (κ3) is 1350. The van der Waals surface area contributed by atoms with Crippen molar-refractivity contribution in [1.82, 2.24) is 0 Å². The first kappa shape index (κ1) is 111. The number of hydrogen-bond donors (Lipinski definition) is 0. The zero-order valence-electron chi connectivity index (χ0n) is 15.2. The molecule has 0 rings (SSSR count). The van der Waals surface area contributed by atoms with E-state index in [1.807, 2.05) is 0 Å². The van der Waals surface area contributed by atoms with E-state index >= 15 is 0 Å². The minimum Gasteiger partial charge on any atom is -0.822 e. The molecule has 0 atom stereocenters. The van der Waals surface area contributed by atoms with E-state index < -0.39 is 39.1 Å². The van der Waals surface area contributed by atoms with E-state index in [1.165, 1.54) is 0 Å². The molecule has 229 valence electrons. The van der Waals surface area contributed by atoms with Gasteiger partial charge in [0.15, 0.2) is 0 Å². The molecule has 0 spiro atoms. The summed E-state index contributed by atoms with van der Waals surface area (Å²) < 4.78 is 42.7. The first-order chi connectivity index (χ1) is 10.0. The van der Waals surface area contributed by atoms with Crippen LogP contribution in [0.25, 0.3) is 0 Å². The van der Waals surface area contributed by atoms with Crippen molar-refractivity contribution >= 4 is 39.1 Å². The van der Waals surface area contributed by atoms with Crippen LogP contribution >= 0.6 is 39.1 Å². The van der Waals surface area contributed by atoms with Crippen molar-refractivity contribution in [1.29, 1.82) is 0 Å². The summed E-state index contributed by atoms with van der Waals surface area (Å²) in [6, 6.07) is 0. The van der Waals surface area contributed by atoms with E-state index in [4.69, 9.17) is 96.2 Å². The summed E-state index contributed by atoms with van der Waals surface area (Å²) in [5, 5.41) is 0. The van der Waals surface area contributed by atoms with Crippen LogP contribution in [-0.2, 0) is 243 Å². The zero-order valence-corrected chi connectivity index (χ0v) is 34.6. The third-order valence-corrected chi connectivity index (χ3v) is 0. The maximum absolute atomic E-state index is 8.55. The Hall–Kier alpha value is 7.45. The van der Waals surface area contributed by atoms with Crippen molar-refractivity contribution in [2.75, 3.05) is 0 Å². The third-order valence-electron chi connectivity index (χ3n) is 0. The zero-order chi connectivity index (χ0) is 22.5. The monoisotopic (exact) mass is 1120 g/mol. The van der Waals surface area contributed by atoms with Crippen molar-refractivity contribution in [3.63, 3.8) is 0 Å². The molecule has 20 nitrogen and oxygen atoms in total. The van der Waals surface area contributed by atoms with Gasteiger partial charge in [-0.2, -0.15) is 39.1 Å². The van der Waals surface area contributed by atoms with Crippen molar-refractivity contribution in [3.05, 3.63) is 0 Å². The van der Waals surface area contributed by atoms with Crippen molar-refractivity contribution < 1.29 is 317 Å². The number of rotatable bonds is 0.